The minimum absolute atomic E-state index is 0.322. The highest BCUT2D eigenvalue weighted by Gasteiger charge is 2.20. The number of aromatic nitrogens is 1. The van der Waals surface area contributed by atoms with Crippen LogP contribution in [0.5, 0.6) is 5.75 Å². The Morgan fingerprint density at radius 3 is 2.88 bits per heavy atom. The summed E-state index contributed by atoms with van der Waals surface area (Å²) in [4.78, 5) is 6.87. The molecule has 0 saturated carbocycles. The highest BCUT2D eigenvalue weighted by atomic mass is 16.5. The molecule has 2 heterocycles. The zero-order chi connectivity index (χ0) is 12.4. The highest BCUT2D eigenvalue weighted by molar-refractivity contribution is 5.41. The molecule has 1 aromatic rings. The van der Waals surface area contributed by atoms with Crippen LogP contribution in [0.1, 0.15) is 23.2 Å². The lowest BCUT2D eigenvalue weighted by Gasteiger charge is -2.18. The third kappa shape index (κ3) is 2.58. The smallest absolute Gasteiger partial charge is 0.128 e. The van der Waals surface area contributed by atoms with Gasteiger partial charge >= 0.3 is 0 Å². The molecule has 1 aliphatic rings. The number of aryl methyl sites for hydroxylation is 1. The summed E-state index contributed by atoms with van der Waals surface area (Å²) in [5.41, 5.74) is 9.24. The van der Waals surface area contributed by atoms with Crippen LogP contribution in [0.15, 0.2) is 6.20 Å². The number of rotatable bonds is 3. The van der Waals surface area contributed by atoms with Crippen molar-refractivity contribution in [3.8, 4) is 5.75 Å². The first-order valence-electron chi connectivity index (χ1n) is 6.08. The summed E-state index contributed by atoms with van der Waals surface area (Å²) in [6.45, 7) is 7.00. The van der Waals surface area contributed by atoms with E-state index < -0.39 is 0 Å². The Morgan fingerprint density at radius 1 is 1.53 bits per heavy atom. The Morgan fingerprint density at radius 2 is 2.29 bits per heavy atom. The number of likely N-dealkylation sites (tertiary alicyclic amines) is 1. The molecule has 2 rings (SSSR count). The minimum atomic E-state index is 0.322. The van der Waals surface area contributed by atoms with Gasteiger partial charge in [-0.3, -0.25) is 9.88 Å². The van der Waals surface area contributed by atoms with Crippen LogP contribution in [-0.2, 0) is 6.54 Å². The summed E-state index contributed by atoms with van der Waals surface area (Å²) in [6, 6.07) is 0.322. The lowest BCUT2D eigenvalue weighted by molar-refractivity contribution is 0.320. The van der Waals surface area contributed by atoms with Crippen molar-refractivity contribution in [1.29, 1.82) is 0 Å². The molecule has 1 aromatic heterocycles. The Labute approximate surface area is 103 Å². The number of ether oxygens (including phenoxy) is 1. The molecule has 1 aliphatic heterocycles. The van der Waals surface area contributed by atoms with E-state index >= 15 is 0 Å². The molecule has 0 aromatic carbocycles. The maximum Gasteiger partial charge on any atom is 0.128 e. The molecule has 4 heteroatoms. The Bertz CT molecular complexity index is 406. The molecule has 17 heavy (non-hydrogen) atoms. The average Bonchev–Trinajstić information content (AvgIpc) is 2.69. The van der Waals surface area contributed by atoms with E-state index in [1.807, 2.05) is 13.1 Å². The summed E-state index contributed by atoms with van der Waals surface area (Å²) in [5, 5.41) is 0. The predicted octanol–water partition coefficient (Wildman–Crippen LogP) is 1.24. The lowest BCUT2D eigenvalue weighted by Crippen LogP contribution is -2.26. The van der Waals surface area contributed by atoms with Crippen molar-refractivity contribution in [1.82, 2.24) is 9.88 Å². The molecule has 94 valence electrons. The maximum absolute atomic E-state index is 5.91. The van der Waals surface area contributed by atoms with Crippen LogP contribution in [0.4, 0.5) is 0 Å². The van der Waals surface area contributed by atoms with E-state index in [2.05, 4.69) is 16.8 Å². The fourth-order valence-corrected chi connectivity index (χ4v) is 2.45. The molecular weight excluding hydrogens is 214 g/mol. The third-order valence-corrected chi connectivity index (χ3v) is 3.43. The Hall–Kier alpha value is -1.13. The van der Waals surface area contributed by atoms with E-state index in [9.17, 15) is 0 Å². The zero-order valence-corrected chi connectivity index (χ0v) is 10.9. The van der Waals surface area contributed by atoms with Crippen LogP contribution >= 0.6 is 0 Å². The molecule has 1 fully saturated rings. The molecule has 0 bridgehead atoms. The first-order valence-corrected chi connectivity index (χ1v) is 6.08. The lowest BCUT2D eigenvalue weighted by atomic mass is 10.1. The SMILES string of the molecule is COc1c(C)cnc(CN2CC[C@H](N)C2)c1C. The summed E-state index contributed by atoms with van der Waals surface area (Å²) < 4.78 is 5.42. The summed E-state index contributed by atoms with van der Waals surface area (Å²) in [7, 11) is 1.71. The van der Waals surface area contributed by atoms with E-state index in [1.54, 1.807) is 7.11 Å². The van der Waals surface area contributed by atoms with Gasteiger partial charge in [-0.25, -0.2) is 0 Å². The monoisotopic (exact) mass is 235 g/mol. The quantitative estimate of drug-likeness (QED) is 0.856. The maximum atomic E-state index is 5.91. The first-order chi connectivity index (χ1) is 8.11. The molecule has 1 atom stereocenters. The van der Waals surface area contributed by atoms with Gasteiger partial charge in [0.25, 0.3) is 0 Å². The van der Waals surface area contributed by atoms with Gasteiger partial charge < -0.3 is 10.5 Å². The van der Waals surface area contributed by atoms with Gasteiger partial charge in [0.1, 0.15) is 5.75 Å². The van der Waals surface area contributed by atoms with Crippen molar-refractivity contribution in [3.63, 3.8) is 0 Å². The number of nitrogens with two attached hydrogens (primary N) is 1. The van der Waals surface area contributed by atoms with Crippen LogP contribution in [0, 0.1) is 13.8 Å². The van der Waals surface area contributed by atoms with Crippen LogP contribution in [0.25, 0.3) is 0 Å². The van der Waals surface area contributed by atoms with Crippen LogP contribution in [-0.4, -0.2) is 36.1 Å². The number of hydrogen-bond donors (Lipinski definition) is 1. The summed E-state index contributed by atoms with van der Waals surface area (Å²) >= 11 is 0. The summed E-state index contributed by atoms with van der Waals surface area (Å²) in [5.74, 6) is 0.957. The van der Waals surface area contributed by atoms with Gasteiger partial charge in [-0.05, 0) is 20.3 Å². The molecule has 1 saturated heterocycles. The topological polar surface area (TPSA) is 51.4 Å². The molecule has 0 spiro atoms. The van der Waals surface area contributed by atoms with Crippen molar-refractivity contribution in [2.24, 2.45) is 5.73 Å². The van der Waals surface area contributed by atoms with Crippen molar-refractivity contribution < 1.29 is 4.74 Å². The van der Waals surface area contributed by atoms with Crippen LogP contribution in [0.2, 0.25) is 0 Å². The van der Waals surface area contributed by atoms with E-state index in [1.165, 1.54) is 0 Å². The standard InChI is InChI=1S/C13H21N3O/c1-9-6-15-12(10(2)13(9)17-3)8-16-5-4-11(14)7-16/h6,11H,4-5,7-8,14H2,1-3H3/t11-/m0/s1. The second-order valence-corrected chi connectivity index (χ2v) is 4.83. The number of methoxy groups -OCH3 is 1. The number of nitrogens with zero attached hydrogens (tertiary/aromatic N) is 2. The number of hydrogen-bond acceptors (Lipinski definition) is 4. The molecule has 0 aliphatic carbocycles. The van der Waals surface area contributed by atoms with Gasteiger partial charge in [-0.2, -0.15) is 0 Å². The van der Waals surface area contributed by atoms with Crippen molar-refractivity contribution >= 4 is 0 Å². The first kappa shape index (κ1) is 12.3. The van der Waals surface area contributed by atoms with Gasteiger partial charge in [0, 0.05) is 43.0 Å². The molecule has 4 nitrogen and oxygen atoms in total. The normalized spacial score (nSPS) is 20.8. The van der Waals surface area contributed by atoms with Gasteiger partial charge in [0.2, 0.25) is 0 Å². The van der Waals surface area contributed by atoms with E-state index in [-0.39, 0.29) is 0 Å². The zero-order valence-electron chi connectivity index (χ0n) is 10.9. The Kier molecular flexibility index (Phi) is 3.64. The van der Waals surface area contributed by atoms with E-state index in [0.29, 0.717) is 6.04 Å². The fourth-order valence-electron chi connectivity index (χ4n) is 2.45. The van der Waals surface area contributed by atoms with Crippen molar-refractivity contribution in [2.45, 2.75) is 32.9 Å². The predicted molar refractivity (Wildman–Crippen MR) is 68.1 cm³/mol. The Balaban J connectivity index is 2.16. The summed E-state index contributed by atoms with van der Waals surface area (Å²) in [6.07, 6.45) is 2.97. The second-order valence-electron chi connectivity index (χ2n) is 4.83. The average molecular weight is 235 g/mol. The fraction of sp³-hybridized carbons (Fsp3) is 0.615. The van der Waals surface area contributed by atoms with Gasteiger partial charge in [0.15, 0.2) is 0 Å². The van der Waals surface area contributed by atoms with Crippen LogP contribution in [0.3, 0.4) is 0 Å². The number of pyridine rings is 1. The molecule has 0 unspecified atom stereocenters. The molecule has 2 N–H and O–H groups in total. The largest absolute Gasteiger partial charge is 0.496 e. The van der Waals surface area contributed by atoms with Gasteiger partial charge in [-0.1, -0.05) is 0 Å². The van der Waals surface area contributed by atoms with E-state index in [4.69, 9.17) is 10.5 Å². The van der Waals surface area contributed by atoms with Crippen molar-refractivity contribution in [3.05, 3.63) is 23.0 Å². The third-order valence-electron chi connectivity index (χ3n) is 3.43. The molecular formula is C13H21N3O. The van der Waals surface area contributed by atoms with Crippen molar-refractivity contribution in [2.75, 3.05) is 20.2 Å². The second kappa shape index (κ2) is 5.02. The van der Waals surface area contributed by atoms with Gasteiger partial charge in [-0.15, -0.1) is 0 Å². The van der Waals surface area contributed by atoms with Gasteiger partial charge in [0.05, 0.1) is 12.8 Å². The highest BCUT2D eigenvalue weighted by Crippen LogP contribution is 2.25. The molecule has 0 amide bonds. The van der Waals surface area contributed by atoms with Crippen LogP contribution < -0.4 is 10.5 Å². The van der Waals surface area contributed by atoms with E-state index in [0.717, 1.165) is 48.6 Å². The minimum Gasteiger partial charge on any atom is -0.496 e. The molecule has 0 radical (unpaired) electrons.